The molecule has 0 saturated carbocycles. The zero-order valence-electron chi connectivity index (χ0n) is 26.9. The molecule has 6 bridgehead atoms. The standard InChI is InChI=1S/C32H41N6O9P/c1-20-29(40)44-17-10-6-4-3-5-9-16-43-28-25-27(35-31(33)36-28)38(19-34-25)30-32(2,41)26(39)24(46-30)18-45-48(42,37-20)47-23-15-11-13-21-12-7-8-14-22(21)23/h7-8,11-15,19-20,24,26,30,39,41H,3-6,9-10,16-18H2,1-2H3,(H,37,42)(H2,33,35,36)/t20-,24?,26+,30?,32+,48?/m0/s1. The van der Waals surface area contributed by atoms with Gasteiger partial charge in [0.15, 0.2) is 17.4 Å². The number of benzene rings is 2. The molecule has 0 aliphatic carbocycles. The molecule has 2 aromatic carbocycles. The van der Waals surface area contributed by atoms with Gasteiger partial charge in [0.25, 0.3) is 0 Å². The minimum atomic E-state index is -4.36. The molecule has 258 valence electrons. The number of rotatable bonds is 2. The van der Waals surface area contributed by atoms with Crippen LogP contribution in [-0.4, -0.2) is 79.4 Å². The molecule has 0 amide bonds. The second-order valence-electron chi connectivity index (χ2n) is 12.3. The average Bonchev–Trinajstić information content (AvgIpc) is 3.57. The Hall–Kier alpha value is -3.85. The highest BCUT2D eigenvalue weighted by molar-refractivity contribution is 7.52. The van der Waals surface area contributed by atoms with Crippen LogP contribution >= 0.6 is 7.75 Å². The summed E-state index contributed by atoms with van der Waals surface area (Å²) >= 11 is 0. The van der Waals surface area contributed by atoms with E-state index >= 15 is 0 Å². The van der Waals surface area contributed by atoms with Gasteiger partial charge in [-0.25, -0.2) is 9.55 Å². The maximum absolute atomic E-state index is 14.4. The molecule has 2 aliphatic rings. The van der Waals surface area contributed by atoms with Gasteiger partial charge in [0.2, 0.25) is 11.8 Å². The number of esters is 1. The van der Waals surface area contributed by atoms with Crippen LogP contribution in [0.2, 0.25) is 0 Å². The SMILES string of the molecule is C[C@@H]1NP(=O)(Oc2cccc3ccccc23)OCC2OC(n3cnc4c(nc(N)nc43)OCCCCCCCCOC1=O)[C@](C)(O)[C@@H]2O. The number of aliphatic hydroxyl groups is 2. The second-order valence-corrected chi connectivity index (χ2v) is 14.0. The summed E-state index contributed by atoms with van der Waals surface area (Å²) in [5.74, 6) is -0.241. The fourth-order valence-corrected chi connectivity index (χ4v) is 7.41. The van der Waals surface area contributed by atoms with E-state index in [-0.39, 0.29) is 29.8 Å². The zero-order chi connectivity index (χ0) is 33.9. The van der Waals surface area contributed by atoms with E-state index < -0.39 is 50.4 Å². The summed E-state index contributed by atoms with van der Waals surface area (Å²) in [4.78, 5) is 25.9. The highest BCUT2D eigenvalue weighted by Crippen LogP contribution is 2.48. The molecule has 2 aromatic heterocycles. The first-order chi connectivity index (χ1) is 23.1. The zero-order valence-corrected chi connectivity index (χ0v) is 27.8. The maximum atomic E-state index is 14.4. The number of hydrogen-bond donors (Lipinski definition) is 4. The summed E-state index contributed by atoms with van der Waals surface area (Å²) in [6, 6.07) is 11.6. The molecule has 2 aliphatic heterocycles. The van der Waals surface area contributed by atoms with E-state index in [0.29, 0.717) is 23.9 Å². The van der Waals surface area contributed by atoms with Gasteiger partial charge < -0.3 is 34.7 Å². The molecule has 4 aromatic rings. The monoisotopic (exact) mass is 684 g/mol. The van der Waals surface area contributed by atoms with E-state index in [1.54, 1.807) is 12.1 Å². The fourth-order valence-electron chi connectivity index (χ4n) is 5.89. The number of ether oxygens (including phenoxy) is 3. The molecule has 4 heterocycles. The lowest BCUT2D eigenvalue weighted by Crippen LogP contribution is -2.44. The topological polar surface area (TPSA) is 202 Å². The number of nitrogens with zero attached hydrogens (tertiary/aromatic N) is 4. The third kappa shape index (κ3) is 7.26. The number of imidazole rings is 1. The predicted molar refractivity (Wildman–Crippen MR) is 175 cm³/mol. The van der Waals surface area contributed by atoms with Crippen molar-refractivity contribution in [2.75, 3.05) is 25.6 Å². The number of nitrogens with two attached hydrogens (primary N) is 1. The van der Waals surface area contributed by atoms with Gasteiger partial charge in [-0.15, -0.1) is 0 Å². The summed E-state index contributed by atoms with van der Waals surface area (Å²) in [7, 11) is -4.36. The highest BCUT2D eigenvalue weighted by atomic mass is 31.2. The van der Waals surface area contributed by atoms with Crippen molar-refractivity contribution < 1.29 is 42.8 Å². The second kappa shape index (κ2) is 14.3. The number of anilines is 1. The van der Waals surface area contributed by atoms with E-state index in [1.165, 1.54) is 24.7 Å². The number of aromatic nitrogens is 4. The van der Waals surface area contributed by atoms with E-state index in [1.807, 2.05) is 30.3 Å². The van der Waals surface area contributed by atoms with Gasteiger partial charge in [0.05, 0.1) is 26.1 Å². The van der Waals surface area contributed by atoms with Crippen molar-refractivity contribution in [3.8, 4) is 11.6 Å². The van der Waals surface area contributed by atoms with Crippen LogP contribution in [0, 0.1) is 0 Å². The number of nitrogen functional groups attached to an aromatic ring is 1. The first kappa shape index (κ1) is 34.0. The Morgan fingerprint density at radius 3 is 2.54 bits per heavy atom. The average molecular weight is 685 g/mol. The Balaban J connectivity index is 1.31. The van der Waals surface area contributed by atoms with Crippen molar-refractivity contribution in [2.24, 2.45) is 0 Å². The van der Waals surface area contributed by atoms with Crippen LogP contribution in [0.15, 0.2) is 48.8 Å². The fraction of sp³-hybridized carbons (Fsp3) is 0.500. The Morgan fingerprint density at radius 1 is 1.04 bits per heavy atom. The molecule has 16 heteroatoms. The molecule has 6 atom stereocenters. The van der Waals surface area contributed by atoms with Crippen LogP contribution in [-0.2, 0) is 23.4 Å². The van der Waals surface area contributed by atoms with Crippen LogP contribution in [0.4, 0.5) is 5.95 Å². The Labute approximate surface area is 277 Å². The Bertz CT molecular complexity index is 1800. The van der Waals surface area contributed by atoms with Gasteiger partial charge in [-0.2, -0.15) is 15.1 Å². The Morgan fingerprint density at radius 2 is 1.75 bits per heavy atom. The summed E-state index contributed by atoms with van der Waals surface area (Å²) < 4.78 is 45.2. The van der Waals surface area contributed by atoms with Crippen LogP contribution in [0.25, 0.3) is 21.9 Å². The first-order valence-corrected chi connectivity index (χ1v) is 17.6. The number of carbonyl (C=O) groups is 1. The van der Waals surface area contributed by atoms with E-state index in [4.69, 9.17) is 29.0 Å². The summed E-state index contributed by atoms with van der Waals surface area (Å²) in [6.45, 7) is 2.99. The molecule has 1 fully saturated rings. The van der Waals surface area contributed by atoms with Crippen molar-refractivity contribution >= 4 is 41.6 Å². The number of nitrogens with one attached hydrogen (secondary N) is 1. The summed E-state index contributed by atoms with van der Waals surface area (Å²) in [5, 5.41) is 26.9. The third-order valence-corrected chi connectivity index (χ3v) is 10.1. The van der Waals surface area contributed by atoms with Crippen molar-refractivity contribution in [1.82, 2.24) is 24.6 Å². The predicted octanol–water partition coefficient (Wildman–Crippen LogP) is 4.03. The van der Waals surface area contributed by atoms with Crippen molar-refractivity contribution in [2.45, 2.75) is 82.5 Å². The molecule has 1 saturated heterocycles. The van der Waals surface area contributed by atoms with Crippen LogP contribution in [0.3, 0.4) is 0 Å². The first-order valence-electron chi connectivity index (χ1n) is 16.1. The molecule has 15 nitrogen and oxygen atoms in total. The molecule has 0 radical (unpaired) electrons. The van der Waals surface area contributed by atoms with Gasteiger partial charge in [0.1, 0.15) is 29.6 Å². The number of cyclic esters (lactones) is 1. The number of aliphatic hydroxyl groups excluding tert-OH is 1. The minimum Gasteiger partial charge on any atom is -0.476 e. The van der Waals surface area contributed by atoms with Crippen molar-refractivity contribution in [3.63, 3.8) is 0 Å². The molecular weight excluding hydrogens is 643 g/mol. The van der Waals surface area contributed by atoms with Gasteiger partial charge in [-0.1, -0.05) is 62.1 Å². The molecule has 6 rings (SSSR count). The normalized spacial score (nSPS) is 29.8. The summed E-state index contributed by atoms with van der Waals surface area (Å²) in [6.07, 6.45) is 2.62. The molecule has 0 spiro atoms. The van der Waals surface area contributed by atoms with Crippen LogP contribution in [0.1, 0.15) is 58.6 Å². The quantitative estimate of drug-likeness (QED) is 0.174. The van der Waals surface area contributed by atoms with Crippen LogP contribution < -0.4 is 20.1 Å². The lowest BCUT2D eigenvalue weighted by atomic mass is 9.96. The van der Waals surface area contributed by atoms with E-state index in [9.17, 15) is 19.6 Å². The Kier molecular flexibility index (Phi) is 10.2. The number of hydrogen-bond acceptors (Lipinski definition) is 13. The maximum Gasteiger partial charge on any atom is 0.459 e. The van der Waals surface area contributed by atoms with Gasteiger partial charge in [-0.05, 0) is 38.1 Å². The van der Waals surface area contributed by atoms with E-state index in [2.05, 4.69) is 20.0 Å². The largest absolute Gasteiger partial charge is 0.476 e. The highest BCUT2D eigenvalue weighted by Gasteiger charge is 2.54. The lowest BCUT2D eigenvalue weighted by molar-refractivity contribution is -0.145. The van der Waals surface area contributed by atoms with Gasteiger partial charge in [0, 0.05) is 5.39 Å². The smallest absolute Gasteiger partial charge is 0.459 e. The van der Waals surface area contributed by atoms with Gasteiger partial charge in [-0.3, -0.25) is 13.9 Å². The van der Waals surface area contributed by atoms with Crippen molar-refractivity contribution in [3.05, 3.63) is 48.8 Å². The van der Waals surface area contributed by atoms with Crippen LogP contribution in [0.5, 0.6) is 11.6 Å². The third-order valence-electron chi connectivity index (χ3n) is 8.52. The molecule has 5 N–H and O–H groups in total. The number of carbonyl (C=O) groups excluding carboxylic acids is 1. The lowest BCUT2D eigenvalue weighted by Gasteiger charge is -2.27. The summed E-state index contributed by atoms with van der Waals surface area (Å²) in [5.41, 5.74) is 4.67. The molecule has 48 heavy (non-hydrogen) atoms. The van der Waals surface area contributed by atoms with Crippen molar-refractivity contribution in [1.29, 1.82) is 0 Å². The van der Waals surface area contributed by atoms with E-state index in [0.717, 1.165) is 37.5 Å². The molecular formula is C32H41N6O9P. The van der Waals surface area contributed by atoms with Gasteiger partial charge >= 0.3 is 13.7 Å². The number of fused-ring (bicyclic) bond motifs is 4. The molecule has 3 unspecified atom stereocenters. The minimum absolute atomic E-state index is 0.0636.